The number of alkyl halides is 2. The number of carbonyl (C=O) groups excluding carboxylic acids is 3. The van der Waals surface area contributed by atoms with E-state index in [2.05, 4.69) is 14.6 Å². The highest BCUT2D eigenvalue weighted by Crippen LogP contribution is 2.38. The molecule has 0 spiro atoms. The van der Waals surface area contributed by atoms with Gasteiger partial charge >= 0.3 is 12.6 Å². The van der Waals surface area contributed by atoms with Gasteiger partial charge in [-0.05, 0) is 59.7 Å². The summed E-state index contributed by atoms with van der Waals surface area (Å²) in [5.41, 5.74) is 1.24. The SMILES string of the molecule is CS(=O)(=O)N(CCN1CCOCC1)Cc1ccc2c(c1)C(=O)N(CC(=O)OC(Cc1c(Cl)cncc1Cl)c1ccc(OC(F)F)c(OCC3CC3)c1)C2=O. The lowest BCUT2D eigenvalue weighted by atomic mass is 10.0. The zero-order valence-corrected chi connectivity index (χ0v) is 31.5. The number of esters is 1. The first kappa shape index (κ1) is 39.8. The molecule has 3 aromatic rings. The summed E-state index contributed by atoms with van der Waals surface area (Å²) in [4.78, 5) is 47.3. The molecule has 1 aliphatic carbocycles. The molecule has 0 bridgehead atoms. The van der Waals surface area contributed by atoms with Crippen LogP contribution >= 0.6 is 23.2 Å². The molecule has 1 unspecified atom stereocenters. The van der Waals surface area contributed by atoms with Crippen molar-refractivity contribution in [2.75, 3.05) is 58.8 Å². The van der Waals surface area contributed by atoms with Gasteiger partial charge in [0.05, 0.1) is 47.2 Å². The third kappa shape index (κ3) is 10.0. The fourth-order valence-corrected chi connectivity index (χ4v) is 7.43. The second-order valence-electron chi connectivity index (χ2n) is 13.2. The normalized spacial score (nSPS) is 16.9. The Bertz CT molecular complexity index is 1980. The Morgan fingerprint density at radius 3 is 2.39 bits per heavy atom. The summed E-state index contributed by atoms with van der Waals surface area (Å²) in [7, 11) is -3.62. The maximum absolute atomic E-state index is 13.6. The Morgan fingerprint density at radius 2 is 1.72 bits per heavy atom. The van der Waals surface area contributed by atoms with Crippen molar-refractivity contribution in [1.29, 1.82) is 0 Å². The number of carbonyl (C=O) groups is 3. The molecule has 13 nitrogen and oxygen atoms in total. The van der Waals surface area contributed by atoms with Crippen LogP contribution in [0, 0.1) is 5.92 Å². The van der Waals surface area contributed by atoms with Crippen LogP contribution < -0.4 is 9.47 Å². The van der Waals surface area contributed by atoms with Gasteiger partial charge in [0.25, 0.3) is 11.8 Å². The van der Waals surface area contributed by atoms with E-state index in [0.717, 1.165) is 24.0 Å². The molecule has 18 heteroatoms. The number of aromatic nitrogens is 1. The van der Waals surface area contributed by atoms with E-state index in [1.165, 1.54) is 47.0 Å². The predicted molar refractivity (Wildman–Crippen MR) is 192 cm³/mol. The predicted octanol–water partition coefficient (Wildman–Crippen LogP) is 5.00. The summed E-state index contributed by atoms with van der Waals surface area (Å²) < 4.78 is 74.8. The zero-order valence-electron chi connectivity index (χ0n) is 29.2. The lowest BCUT2D eigenvalue weighted by Crippen LogP contribution is -2.42. The number of morpholine rings is 1. The molecule has 2 fully saturated rings. The van der Waals surface area contributed by atoms with Gasteiger partial charge in [0, 0.05) is 51.5 Å². The van der Waals surface area contributed by atoms with E-state index in [0.29, 0.717) is 49.5 Å². The molecule has 1 saturated heterocycles. The van der Waals surface area contributed by atoms with E-state index in [9.17, 15) is 31.6 Å². The quantitative estimate of drug-likeness (QED) is 0.134. The Morgan fingerprint density at radius 1 is 1.02 bits per heavy atom. The molecular formula is C36H38Cl2F2N4O9S. The van der Waals surface area contributed by atoms with Gasteiger partial charge in [-0.25, -0.2) is 8.42 Å². The van der Waals surface area contributed by atoms with Gasteiger partial charge in [0.15, 0.2) is 11.5 Å². The fraction of sp³-hybridized carbons (Fsp3) is 0.444. The average Bonchev–Trinajstić information content (AvgIpc) is 3.93. The lowest BCUT2D eigenvalue weighted by molar-refractivity contribution is -0.149. The number of ether oxygens (including phenoxy) is 4. The summed E-state index contributed by atoms with van der Waals surface area (Å²) in [6, 6.07) is 8.58. The molecule has 0 radical (unpaired) electrons. The lowest BCUT2D eigenvalue weighted by Gasteiger charge is -2.29. The molecule has 0 N–H and O–H groups in total. The second kappa shape index (κ2) is 17.3. The van der Waals surface area contributed by atoms with Crippen molar-refractivity contribution in [3.05, 3.63) is 86.7 Å². The van der Waals surface area contributed by atoms with Crippen LogP contribution in [0.5, 0.6) is 11.5 Å². The number of amides is 2. The maximum Gasteiger partial charge on any atom is 0.387 e. The van der Waals surface area contributed by atoms with Crippen LogP contribution in [-0.2, 0) is 37.3 Å². The van der Waals surface area contributed by atoms with Gasteiger partial charge in [-0.15, -0.1) is 0 Å². The number of sulfonamides is 1. The molecule has 54 heavy (non-hydrogen) atoms. The number of rotatable bonds is 17. The van der Waals surface area contributed by atoms with Gasteiger partial charge in [-0.2, -0.15) is 13.1 Å². The third-order valence-corrected chi connectivity index (χ3v) is 11.2. The van der Waals surface area contributed by atoms with E-state index in [1.54, 1.807) is 6.07 Å². The van der Waals surface area contributed by atoms with Crippen LogP contribution in [0.4, 0.5) is 8.78 Å². The molecular weight excluding hydrogens is 773 g/mol. The maximum atomic E-state index is 13.6. The van der Waals surface area contributed by atoms with Crippen LogP contribution in [0.1, 0.15) is 56.4 Å². The summed E-state index contributed by atoms with van der Waals surface area (Å²) in [5, 5.41) is 0.358. The summed E-state index contributed by atoms with van der Waals surface area (Å²) >= 11 is 12.8. The first-order chi connectivity index (χ1) is 25.8. The molecule has 1 saturated carbocycles. The Kier molecular flexibility index (Phi) is 12.7. The highest BCUT2D eigenvalue weighted by atomic mass is 35.5. The van der Waals surface area contributed by atoms with Crippen LogP contribution in [0.25, 0.3) is 0 Å². The van der Waals surface area contributed by atoms with Gasteiger partial charge in [-0.3, -0.25) is 29.2 Å². The first-order valence-corrected chi connectivity index (χ1v) is 19.8. The summed E-state index contributed by atoms with van der Waals surface area (Å²) in [6.45, 7) is -0.398. The standard InChI is InChI=1S/C36H38Cl2F2N4O9S/c1-54(48,49)43(9-8-42-10-12-50-13-11-42)19-23-4-6-25-26(14-23)35(47)44(34(25)46)20-33(45)52-31(16-27-28(37)17-41-18-29(27)38)24-5-7-30(53-36(39)40)32(15-24)51-21-22-2-3-22/h4-7,14-15,17-18,22,31,36H,2-3,8-13,16,19-21H2,1H3. The molecule has 2 amide bonds. The number of nitrogens with zero attached hydrogens (tertiary/aromatic N) is 4. The number of imide groups is 1. The van der Waals surface area contributed by atoms with Crippen molar-refractivity contribution in [1.82, 2.24) is 19.1 Å². The minimum Gasteiger partial charge on any atom is -0.489 e. The number of hydrogen-bond acceptors (Lipinski definition) is 11. The largest absolute Gasteiger partial charge is 0.489 e. The molecule has 1 atom stereocenters. The fourth-order valence-electron chi connectivity index (χ4n) is 6.12. The molecule has 3 heterocycles. The molecule has 3 aliphatic rings. The van der Waals surface area contributed by atoms with Crippen molar-refractivity contribution in [2.24, 2.45) is 5.92 Å². The molecule has 2 aliphatic heterocycles. The smallest absolute Gasteiger partial charge is 0.387 e. The van der Waals surface area contributed by atoms with E-state index < -0.39 is 47.1 Å². The highest BCUT2D eigenvalue weighted by molar-refractivity contribution is 7.88. The van der Waals surface area contributed by atoms with Crippen LogP contribution in [0.3, 0.4) is 0 Å². The van der Waals surface area contributed by atoms with Crippen molar-refractivity contribution < 1.29 is 50.5 Å². The number of fused-ring (bicyclic) bond motifs is 1. The van der Waals surface area contributed by atoms with Crippen LogP contribution in [0.2, 0.25) is 10.0 Å². The van der Waals surface area contributed by atoms with Gasteiger partial charge in [0.2, 0.25) is 10.0 Å². The van der Waals surface area contributed by atoms with E-state index in [4.69, 9.17) is 37.4 Å². The Labute approximate surface area is 321 Å². The Hall–Kier alpha value is -3.93. The van der Waals surface area contributed by atoms with Gasteiger partial charge in [-0.1, -0.05) is 35.3 Å². The topological polar surface area (TPSA) is 145 Å². The minimum atomic E-state index is -3.62. The van der Waals surface area contributed by atoms with Crippen molar-refractivity contribution >= 4 is 51.0 Å². The van der Waals surface area contributed by atoms with Gasteiger partial charge in [0.1, 0.15) is 12.6 Å². The Balaban J connectivity index is 1.19. The molecule has 6 rings (SSSR count). The van der Waals surface area contributed by atoms with E-state index in [1.807, 2.05) is 0 Å². The molecule has 1 aromatic heterocycles. The van der Waals surface area contributed by atoms with Gasteiger partial charge < -0.3 is 18.9 Å². The van der Waals surface area contributed by atoms with Crippen molar-refractivity contribution in [2.45, 2.75) is 38.5 Å². The number of pyridine rings is 1. The number of hydrogen-bond donors (Lipinski definition) is 0. The zero-order chi connectivity index (χ0) is 38.6. The second-order valence-corrected chi connectivity index (χ2v) is 16.0. The highest BCUT2D eigenvalue weighted by Gasteiger charge is 2.38. The minimum absolute atomic E-state index is 0.0133. The number of halogens is 4. The monoisotopic (exact) mass is 810 g/mol. The summed E-state index contributed by atoms with van der Waals surface area (Å²) in [5.74, 6) is -2.36. The van der Waals surface area contributed by atoms with Crippen LogP contribution in [-0.4, -0.2) is 111 Å². The summed E-state index contributed by atoms with van der Waals surface area (Å²) in [6.07, 6.45) is 4.49. The van der Waals surface area contributed by atoms with E-state index >= 15 is 0 Å². The van der Waals surface area contributed by atoms with Crippen LogP contribution in [0.15, 0.2) is 48.8 Å². The first-order valence-electron chi connectivity index (χ1n) is 17.2. The van der Waals surface area contributed by atoms with E-state index in [-0.39, 0.29) is 64.7 Å². The molecule has 2 aromatic carbocycles. The average molecular weight is 812 g/mol. The molecule has 290 valence electrons. The third-order valence-electron chi connectivity index (χ3n) is 9.26. The van der Waals surface area contributed by atoms with Crippen molar-refractivity contribution in [3.63, 3.8) is 0 Å². The number of benzene rings is 2. The van der Waals surface area contributed by atoms with Crippen molar-refractivity contribution in [3.8, 4) is 11.5 Å².